The molecule has 116 valence electrons. The van der Waals surface area contributed by atoms with E-state index in [1.165, 1.54) is 19.3 Å². The molecule has 0 bridgehead atoms. The van der Waals surface area contributed by atoms with Crippen LogP contribution in [0.3, 0.4) is 0 Å². The molecule has 2 aromatic rings. The maximum atomic E-state index is 12.2. The summed E-state index contributed by atoms with van der Waals surface area (Å²) in [5, 5.41) is 7.53. The highest BCUT2D eigenvalue weighted by atomic mass is 16.1. The van der Waals surface area contributed by atoms with E-state index in [4.69, 9.17) is 0 Å². The van der Waals surface area contributed by atoms with Crippen LogP contribution in [0.15, 0.2) is 42.7 Å². The third-order valence-electron chi connectivity index (χ3n) is 4.48. The van der Waals surface area contributed by atoms with Gasteiger partial charge in [0.25, 0.3) is 0 Å². The monoisotopic (exact) mass is 297 g/mol. The normalized spacial score (nSPS) is 21.5. The Balaban J connectivity index is 1.59. The van der Waals surface area contributed by atoms with Gasteiger partial charge in [-0.1, -0.05) is 38.0 Å². The van der Waals surface area contributed by atoms with E-state index in [1.807, 2.05) is 41.2 Å². The molecule has 2 atom stereocenters. The van der Waals surface area contributed by atoms with Gasteiger partial charge in [-0.3, -0.25) is 4.79 Å². The van der Waals surface area contributed by atoms with Gasteiger partial charge in [0.15, 0.2) is 0 Å². The van der Waals surface area contributed by atoms with Crippen LogP contribution >= 0.6 is 0 Å². The van der Waals surface area contributed by atoms with Gasteiger partial charge < -0.3 is 5.32 Å². The van der Waals surface area contributed by atoms with Crippen molar-refractivity contribution in [3.8, 4) is 5.69 Å². The highest BCUT2D eigenvalue weighted by molar-refractivity contribution is 5.78. The lowest BCUT2D eigenvalue weighted by molar-refractivity contribution is -0.121. The van der Waals surface area contributed by atoms with Crippen LogP contribution in [-0.2, 0) is 11.2 Å². The number of amides is 1. The molecule has 0 aliphatic heterocycles. The standard InChI is InChI=1S/C18H23N3O/c1-14-7-5-6-10-17(14)20-18(22)11-15-12-19-21(13-15)16-8-3-2-4-9-16/h2-4,8-9,12-14,17H,5-7,10-11H2,1H3,(H,20,22). The number of nitrogens with zero attached hydrogens (tertiary/aromatic N) is 2. The number of hydrogen-bond acceptors (Lipinski definition) is 2. The first-order valence-electron chi connectivity index (χ1n) is 8.11. The summed E-state index contributed by atoms with van der Waals surface area (Å²) in [5.41, 5.74) is 1.96. The fourth-order valence-corrected chi connectivity index (χ4v) is 3.15. The van der Waals surface area contributed by atoms with Crippen molar-refractivity contribution < 1.29 is 4.79 Å². The van der Waals surface area contributed by atoms with Crippen LogP contribution in [0, 0.1) is 5.92 Å². The Kier molecular flexibility index (Phi) is 4.56. The first-order chi connectivity index (χ1) is 10.7. The maximum absolute atomic E-state index is 12.2. The Labute approximate surface area is 131 Å². The van der Waals surface area contributed by atoms with Gasteiger partial charge in [0.1, 0.15) is 0 Å². The lowest BCUT2D eigenvalue weighted by Crippen LogP contribution is -2.41. The van der Waals surface area contributed by atoms with E-state index in [1.54, 1.807) is 6.20 Å². The van der Waals surface area contributed by atoms with Crippen LogP contribution in [-0.4, -0.2) is 21.7 Å². The second-order valence-electron chi connectivity index (χ2n) is 6.24. The van der Waals surface area contributed by atoms with Gasteiger partial charge in [0.05, 0.1) is 18.3 Å². The number of hydrogen-bond donors (Lipinski definition) is 1. The first kappa shape index (κ1) is 14.8. The van der Waals surface area contributed by atoms with Crippen LogP contribution in [0.2, 0.25) is 0 Å². The van der Waals surface area contributed by atoms with Crippen LogP contribution in [0.5, 0.6) is 0 Å². The molecule has 1 heterocycles. The molecule has 22 heavy (non-hydrogen) atoms. The van der Waals surface area contributed by atoms with E-state index >= 15 is 0 Å². The van der Waals surface area contributed by atoms with Gasteiger partial charge in [-0.15, -0.1) is 0 Å². The summed E-state index contributed by atoms with van der Waals surface area (Å²) >= 11 is 0. The van der Waals surface area contributed by atoms with Crippen molar-refractivity contribution in [2.24, 2.45) is 5.92 Å². The van der Waals surface area contributed by atoms with E-state index < -0.39 is 0 Å². The molecule has 2 unspecified atom stereocenters. The molecule has 1 amide bonds. The Bertz CT molecular complexity index is 620. The third kappa shape index (κ3) is 3.56. The Morgan fingerprint density at radius 1 is 1.27 bits per heavy atom. The predicted octanol–water partition coefficient (Wildman–Crippen LogP) is 3.11. The Morgan fingerprint density at radius 2 is 2.05 bits per heavy atom. The van der Waals surface area contributed by atoms with Crippen LogP contribution in [0.4, 0.5) is 0 Å². The summed E-state index contributed by atoms with van der Waals surface area (Å²) in [6, 6.07) is 10.3. The van der Waals surface area contributed by atoms with Crippen molar-refractivity contribution >= 4 is 5.91 Å². The molecule has 0 radical (unpaired) electrons. The first-order valence-corrected chi connectivity index (χ1v) is 8.11. The molecule has 1 aliphatic rings. The van der Waals surface area contributed by atoms with Crippen molar-refractivity contribution in [2.45, 2.75) is 45.1 Å². The number of carbonyl (C=O) groups excluding carboxylic acids is 1. The third-order valence-corrected chi connectivity index (χ3v) is 4.48. The molecule has 1 saturated carbocycles. The molecular weight excluding hydrogens is 274 g/mol. The zero-order valence-corrected chi connectivity index (χ0v) is 13.0. The number of para-hydroxylation sites is 1. The minimum Gasteiger partial charge on any atom is -0.353 e. The molecule has 3 rings (SSSR count). The summed E-state index contributed by atoms with van der Waals surface area (Å²) in [7, 11) is 0. The minimum absolute atomic E-state index is 0.103. The number of rotatable bonds is 4. The lowest BCUT2D eigenvalue weighted by Gasteiger charge is -2.29. The van der Waals surface area contributed by atoms with Gasteiger partial charge in [-0.05, 0) is 36.5 Å². The second kappa shape index (κ2) is 6.77. The number of benzene rings is 1. The van der Waals surface area contributed by atoms with Gasteiger partial charge >= 0.3 is 0 Å². The highest BCUT2D eigenvalue weighted by Gasteiger charge is 2.22. The molecule has 1 N–H and O–H groups in total. The molecule has 4 heteroatoms. The number of nitrogens with one attached hydrogen (secondary N) is 1. The van der Waals surface area contributed by atoms with Crippen LogP contribution in [0.25, 0.3) is 5.69 Å². The summed E-state index contributed by atoms with van der Waals surface area (Å²) in [4.78, 5) is 12.2. The summed E-state index contributed by atoms with van der Waals surface area (Å²) in [6.45, 7) is 2.23. The van der Waals surface area contributed by atoms with Crippen LogP contribution in [0.1, 0.15) is 38.2 Å². The molecular formula is C18H23N3O. The smallest absolute Gasteiger partial charge is 0.224 e. The summed E-state index contributed by atoms with van der Waals surface area (Å²) < 4.78 is 1.81. The SMILES string of the molecule is CC1CCCCC1NC(=O)Cc1cnn(-c2ccccc2)c1. The van der Waals surface area contributed by atoms with Gasteiger partial charge in [0, 0.05) is 12.2 Å². The topological polar surface area (TPSA) is 46.9 Å². The van der Waals surface area contributed by atoms with Crippen LogP contribution < -0.4 is 5.32 Å². The number of carbonyl (C=O) groups is 1. The van der Waals surface area contributed by atoms with E-state index in [2.05, 4.69) is 17.3 Å². The van der Waals surface area contributed by atoms with Crippen molar-refractivity contribution in [1.82, 2.24) is 15.1 Å². The molecule has 1 aromatic carbocycles. The van der Waals surface area contributed by atoms with Gasteiger partial charge in [-0.25, -0.2) is 4.68 Å². The van der Waals surface area contributed by atoms with Gasteiger partial charge in [-0.2, -0.15) is 5.10 Å². The zero-order chi connectivity index (χ0) is 15.4. The summed E-state index contributed by atoms with van der Waals surface area (Å²) in [5.74, 6) is 0.691. The highest BCUT2D eigenvalue weighted by Crippen LogP contribution is 2.23. The Hall–Kier alpha value is -2.10. The largest absolute Gasteiger partial charge is 0.353 e. The molecule has 1 fully saturated rings. The van der Waals surface area contributed by atoms with Crippen molar-refractivity contribution in [2.75, 3.05) is 0 Å². The van der Waals surface area contributed by atoms with E-state index in [9.17, 15) is 4.79 Å². The second-order valence-corrected chi connectivity index (χ2v) is 6.24. The molecule has 1 aliphatic carbocycles. The average Bonchev–Trinajstić information content (AvgIpc) is 2.99. The van der Waals surface area contributed by atoms with Crippen molar-refractivity contribution in [3.63, 3.8) is 0 Å². The number of aromatic nitrogens is 2. The fourth-order valence-electron chi connectivity index (χ4n) is 3.15. The predicted molar refractivity (Wildman–Crippen MR) is 86.8 cm³/mol. The maximum Gasteiger partial charge on any atom is 0.224 e. The summed E-state index contributed by atoms with van der Waals surface area (Å²) in [6.07, 6.45) is 8.94. The average molecular weight is 297 g/mol. The molecule has 4 nitrogen and oxygen atoms in total. The van der Waals surface area contributed by atoms with E-state index in [0.29, 0.717) is 18.4 Å². The molecule has 0 saturated heterocycles. The van der Waals surface area contributed by atoms with Gasteiger partial charge in [0.2, 0.25) is 5.91 Å². The van der Waals surface area contributed by atoms with E-state index in [0.717, 1.165) is 17.7 Å². The zero-order valence-electron chi connectivity index (χ0n) is 13.0. The molecule has 0 spiro atoms. The van der Waals surface area contributed by atoms with E-state index in [-0.39, 0.29) is 5.91 Å². The van der Waals surface area contributed by atoms with Crippen molar-refractivity contribution in [3.05, 3.63) is 48.3 Å². The fraction of sp³-hybridized carbons (Fsp3) is 0.444. The molecule has 1 aromatic heterocycles. The lowest BCUT2D eigenvalue weighted by atomic mass is 9.86. The quantitative estimate of drug-likeness (QED) is 0.942. The minimum atomic E-state index is 0.103. The Morgan fingerprint density at radius 3 is 2.82 bits per heavy atom. The van der Waals surface area contributed by atoms with Crippen molar-refractivity contribution in [1.29, 1.82) is 0 Å².